The van der Waals surface area contributed by atoms with Crippen LogP contribution in [0.25, 0.3) is 0 Å². The van der Waals surface area contributed by atoms with Crippen LogP contribution in [0.2, 0.25) is 10.0 Å². The Kier molecular flexibility index (Phi) is 4.67. The summed E-state index contributed by atoms with van der Waals surface area (Å²) in [6.45, 7) is 0. The van der Waals surface area contributed by atoms with E-state index in [4.69, 9.17) is 33.7 Å². The number of amides is 2. The highest BCUT2D eigenvalue weighted by Gasteiger charge is 2.49. The number of nitrogens with two attached hydrogens (primary N) is 1. The highest BCUT2D eigenvalue weighted by atomic mass is 35.5. The number of pyridine rings is 1. The zero-order chi connectivity index (χ0) is 20.1. The number of primary amides is 1. The molecule has 0 unspecified atom stereocenters. The van der Waals surface area contributed by atoms with Crippen LogP contribution in [0.5, 0.6) is 5.88 Å². The molecule has 1 aromatic carbocycles. The number of anilines is 1. The second-order valence-corrected chi connectivity index (χ2v) is 7.88. The normalized spacial score (nSPS) is 23.4. The Balaban J connectivity index is 1.57. The number of ether oxygens (including phenoxy) is 1. The van der Waals surface area contributed by atoms with Crippen molar-refractivity contribution in [2.24, 2.45) is 5.73 Å². The predicted octanol–water partition coefficient (Wildman–Crippen LogP) is 3.84. The third kappa shape index (κ3) is 3.08. The summed E-state index contributed by atoms with van der Waals surface area (Å²) < 4.78 is 19.9. The first kappa shape index (κ1) is 19.0. The Labute approximate surface area is 170 Å². The third-order valence-electron chi connectivity index (χ3n) is 5.41. The standard InChI is InChI=1S/C19H16Cl2FN3O3/c20-9-5-13(21)17(24-8-9)28-10-1-3-19(4-2-10)12-6-11(16(23)26)14(22)7-15(12)25-18(19)27/h5-8,10H,1-4H2,(H2,23,26)(H,25,27). The molecule has 6 nitrogen and oxygen atoms in total. The van der Waals surface area contributed by atoms with Gasteiger partial charge in [-0.05, 0) is 49.4 Å². The highest BCUT2D eigenvalue weighted by molar-refractivity contribution is 6.35. The topological polar surface area (TPSA) is 94.3 Å². The molecule has 1 saturated carbocycles. The van der Waals surface area contributed by atoms with Crippen LogP contribution in [0.3, 0.4) is 0 Å². The minimum Gasteiger partial charge on any atom is -0.473 e. The molecule has 1 spiro atoms. The first-order valence-electron chi connectivity index (χ1n) is 8.73. The smallest absolute Gasteiger partial charge is 0.251 e. The lowest BCUT2D eigenvalue weighted by molar-refractivity contribution is -0.122. The summed E-state index contributed by atoms with van der Waals surface area (Å²) in [4.78, 5) is 28.3. The van der Waals surface area contributed by atoms with Crippen molar-refractivity contribution < 1.29 is 18.7 Å². The van der Waals surface area contributed by atoms with Crippen LogP contribution in [0.1, 0.15) is 41.6 Å². The van der Waals surface area contributed by atoms with Crippen molar-refractivity contribution in [1.82, 2.24) is 4.98 Å². The Bertz CT molecular complexity index is 991. The quantitative estimate of drug-likeness (QED) is 0.783. The second kappa shape index (κ2) is 6.90. The van der Waals surface area contributed by atoms with Gasteiger partial charge in [-0.25, -0.2) is 9.37 Å². The van der Waals surface area contributed by atoms with Crippen molar-refractivity contribution >= 4 is 40.7 Å². The predicted molar refractivity (Wildman–Crippen MR) is 102 cm³/mol. The fourth-order valence-corrected chi connectivity index (χ4v) is 4.40. The Hall–Kier alpha value is -2.38. The van der Waals surface area contributed by atoms with E-state index in [1.165, 1.54) is 12.3 Å². The molecule has 0 radical (unpaired) electrons. The summed E-state index contributed by atoms with van der Waals surface area (Å²) in [7, 11) is 0. The van der Waals surface area contributed by atoms with Crippen LogP contribution >= 0.6 is 23.2 Å². The number of halogens is 3. The van der Waals surface area contributed by atoms with Gasteiger partial charge in [-0.3, -0.25) is 9.59 Å². The maximum Gasteiger partial charge on any atom is 0.251 e. The van der Waals surface area contributed by atoms with Crippen molar-refractivity contribution in [2.75, 3.05) is 5.32 Å². The summed E-state index contributed by atoms with van der Waals surface area (Å²) in [6.07, 6.45) is 3.36. The number of rotatable bonds is 3. The average Bonchev–Trinajstić information content (AvgIpc) is 2.89. The van der Waals surface area contributed by atoms with Gasteiger partial charge in [0.25, 0.3) is 5.91 Å². The molecule has 2 heterocycles. The third-order valence-corrected chi connectivity index (χ3v) is 5.89. The molecule has 0 bridgehead atoms. The van der Waals surface area contributed by atoms with Crippen LogP contribution in [0.4, 0.5) is 10.1 Å². The van der Waals surface area contributed by atoms with Gasteiger partial charge in [0.05, 0.1) is 16.0 Å². The van der Waals surface area contributed by atoms with E-state index in [0.29, 0.717) is 52.9 Å². The van der Waals surface area contributed by atoms with E-state index in [1.54, 1.807) is 6.07 Å². The van der Waals surface area contributed by atoms with Gasteiger partial charge in [-0.15, -0.1) is 0 Å². The minimum atomic E-state index is -0.865. The molecular formula is C19H16Cl2FN3O3. The summed E-state index contributed by atoms with van der Waals surface area (Å²) in [6, 6.07) is 4.10. The molecule has 1 aromatic heterocycles. The molecule has 28 heavy (non-hydrogen) atoms. The van der Waals surface area contributed by atoms with E-state index in [1.807, 2.05) is 0 Å². The molecule has 146 valence electrons. The number of hydrogen-bond donors (Lipinski definition) is 2. The molecule has 1 aliphatic carbocycles. The number of carbonyl (C=O) groups is 2. The number of nitrogens with one attached hydrogen (secondary N) is 1. The van der Waals surface area contributed by atoms with Crippen LogP contribution in [0.15, 0.2) is 24.4 Å². The Morgan fingerprint density at radius 3 is 2.64 bits per heavy atom. The zero-order valence-corrected chi connectivity index (χ0v) is 16.1. The molecule has 3 N–H and O–H groups in total. The van der Waals surface area contributed by atoms with E-state index in [2.05, 4.69) is 10.3 Å². The summed E-state index contributed by atoms with van der Waals surface area (Å²) in [5, 5.41) is 3.46. The molecule has 0 saturated heterocycles. The summed E-state index contributed by atoms with van der Waals surface area (Å²) >= 11 is 12.0. The maximum absolute atomic E-state index is 14.0. The van der Waals surface area contributed by atoms with E-state index in [-0.39, 0.29) is 17.6 Å². The van der Waals surface area contributed by atoms with Crippen molar-refractivity contribution in [3.05, 3.63) is 51.4 Å². The molecule has 2 aliphatic rings. The lowest BCUT2D eigenvalue weighted by Gasteiger charge is -2.35. The first-order chi connectivity index (χ1) is 13.3. The largest absolute Gasteiger partial charge is 0.473 e. The van der Waals surface area contributed by atoms with Gasteiger partial charge in [0, 0.05) is 11.9 Å². The zero-order valence-electron chi connectivity index (χ0n) is 14.6. The van der Waals surface area contributed by atoms with Gasteiger partial charge in [0.15, 0.2) is 0 Å². The Morgan fingerprint density at radius 1 is 1.29 bits per heavy atom. The van der Waals surface area contributed by atoms with Crippen LogP contribution in [0, 0.1) is 5.82 Å². The van der Waals surface area contributed by atoms with Gasteiger partial charge in [-0.2, -0.15) is 0 Å². The van der Waals surface area contributed by atoms with Gasteiger partial charge in [0.2, 0.25) is 11.8 Å². The first-order valence-corrected chi connectivity index (χ1v) is 9.49. The van der Waals surface area contributed by atoms with Gasteiger partial charge < -0.3 is 15.8 Å². The number of fused-ring (bicyclic) bond motifs is 2. The fraction of sp³-hybridized carbons (Fsp3) is 0.316. The monoisotopic (exact) mass is 423 g/mol. The van der Waals surface area contributed by atoms with Crippen molar-refractivity contribution in [3.8, 4) is 5.88 Å². The van der Waals surface area contributed by atoms with E-state index in [0.717, 1.165) is 6.07 Å². The van der Waals surface area contributed by atoms with Gasteiger partial charge in [0.1, 0.15) is 16.9 Å². The summed E-state index contributed by atoms with van der Waals surface area (Å²) in [5.74, 6) is -1.52. The van der Waals surface area contributed by atoms with E-state index < -0.39 is 17.1 Å². The molecule has 0 atom stereocenters. The number of hydrogen-bond acceptors (Lipinski definition) is 4. The molecule has 1 aliphatic heterocycles. The minimum absolute atomic E-state index is 0.176. The lowest BCUT2D eigenvalue weighted by Crippen LogP contribution is -2.41. The number of nitrogens with zero attached hydrogens (tertiary/aromatic N) is 1. The molecule has 2 aromatic rings. The number of aromatic nitrogens is 1. The van der Waals surface area contributed by atoms with Crippen LogP contribution < -0.4 is 15.8 Å². The van der Waals surface area contributed by atoms with Crippen molar-refractivity contribution in [1.29, 1.82) is 0 Å². The highest BCUT2D eigenvalue weighted by Crippen LogP contribution is 2.48. The maximum atomic E-state index is 14.0. The summed E-state index contributed by atoms with van der Waals surface area (Å²) in [5.41, 5.74) is 5.20. The molecule has 2 amide bonds. The number of benzene rings is 1. The molecular weight excluding hydrogens is 408 g/mol. The average molecular weight is 424 g/mol. The molecule has 1 fully saturated rings. The van der Waals surface area contributed by atoms with Crippen molar-refractivity contribution in [3.63, 3.8) is 0 Å². The SMILES string of the molecule is NC(=O)c1cc2c(cc1F)NC(=O)C21CCC(Oc2ncc(Cl)cc2Cl)CC1. The van der Waals surface area contributed by atoms with Crippen LogP contribution in [-0.4, -0.2) is 22.9 Å². The lowest BCUT2D eigenvalue weighted by atomic mass is 9.69. The number of carbonyl (C=O) groups excluding carboxylic acids is 2. The second-order valence-electron chi connectivity index (χ2n) is 7.04. The van der Waals surface area contributed by atoms with Crippen molar-refractivity contribution in [2.45, 2.75) is 37.2 Å². The molecule has 9 heteroatoms. The molecule has 4 rings (SSSR count). The Morgan fingerprint density at radius 2 is 2.00 bits per heavy atom. The van der Waals surface area contributed by atoms with E-state index in [9.17, 15) is 14.0 Å². The van der Waals surface area contributed by atoms with Gasteiger partial charge >= 0.3 is 0 Å². The van der Waals surface area contributed by atoms with Gasteiger partial charge in [-0.1, -0.05) is 23.2 Å². The van der Waals surface area contributed by atoms with Crippen LogP contribution in [-0.2, 0) is 10.2 Å². The van der Waals surface area contributed by atoms with E-state index >= 15 is 0 Å². The fourth-order valence-electron chi connectivity index (χ4n) is 3.97.